The summed E-state index contributed by atoms with van der Waals surface area (Å²) < 4.78 is 5.06. The predicted octanol–water partition coefficient (Wildman–Crippen LogP) is 1.75. The molecule has 2 aromatic rings. The van der Waals surface area contributed by atoms with Gasteiger partial charge in [0.25, 0.3) is 0 Å². The topological polar surface area (TPSA) is 68.9 Å². The summed E-state index contributed by atoms with van der Waals surface area (Å²) in [4.78, 5) is 19.3. The molecule has 2 heterocycles. The Morgan fingerprint density at radius 3 is 2.76 bits per heavy atom. The van der Waals surface area contributed by atoms with Crippen LogP contribution in [-0.4, -0.2) is 20.9 Å². The summed E-state index contributed by atoms with van der Waals surface area (Å²) in [6.45, 7) is 3.27. The lowest BCUT2D eigenvalue weighted by Gasteiger charge is -1.98. The monoisotopic (exact) mass is 231 g/mol. The number of carbonyl (C=O) groups excluding carboxylic acids is 1. The quantitative estimate of drug-likeness (QED) is 0.801. The Morgan fingerprint density at radius 2 is 2.12 bits per heavy atom. The Bertz CT molecular complexity index is 507. The second-order valence-electron chi connectivity index (χ2n) is 3.91. The van der Waals surface area contributed by atoms with Gasteiger partial charge < -0.3 is 4.52 Å². The molecule has 0 fully saturated rings. The Balaban J connectivity index is 2.11. The van der Waals surface area contributed by atoms with Crippen molar-refractivity contribution in [3.8, 4) is 0 Å². The molecule has 0 radical (unpaired) electrons. The van der Waals surface area contributed by atoms with Crippen LogP contribution in [0.1, 0.15) is 37.0 Å². The van der Waals surface area contributed by atoms with Gasteiger partial charge >= 0.3 is 0 Å². The first kappa shape index (κ1) is 11.4. The molecule has 0 bridgehead atoms. The number of nitrogens with zero attached hydrogens (tertiary/aromatic N) is 3. The van der Waals surface area contributed by atoms with Gasteiger partial charge in [-0.15, -0.1) is 0 Å². The summed E-state index contributed by atoms with van der Waals surface area (Å²) in [6.07, 6.45) is 4.01. The van der Waals surface area contributed by atoms with Crippen molar-refractivity contribution in [2.75, 3.05) is 0 Å². The average molecular weight is 231 g/mol. The van der Waals surface area contributed by atoms with E-state index in [1.165, 1.54) is 6.92 Å². The van der Waals surface area contributed by atoms with Crippen LogP contribution in [0.25, 0.3) is 0 Å². The van der Waals surface area contributed by atoms with Crippen LogP contribution < -0.4 is 0 Å². The van der Waals surface area contributed by atoms with E-state index in [9.17, 15) is 4.79 Å². The summed E-state index contributed by atoms with van der Waals surface area (Å²) in [6, 6.07) is 3.79. The van der Waals surface area contributed by atoms with Crippen LogP contribution in [0.15, 0.2) is 29.0 Å². The van der Waals surface area contributed by atoms with Gasteiger partial charge in [0, 0.05) is 18.8 Å². The van der Waals surface area contributed by atoms with E-state index in [1.54, 1.807) is 19.3 Å². The number of pyridine rings is 1. The van der Waals surface area contributed by atoms with Gasteiger partial charge in [-0.25, -0.2) is 0 Å². The van der Waals surface area contributed by atoms with Crippen molar-refractivity contribution in [1.29, 1.82) is 0 Å². The molecule has 0 spiro atoms. The largest absolute Gasteiger partial charge is 0.339 e. The second-order valence-corrected chi connectivity index (χ2v) is 3.91. The molecule has 0 aromatic carbocycles. The predicted molar refractivity (Wildman–Crippen MR) is 60.4 cm³/mol. The van der Waals surface area contributed by atoms with Gasteiger partial charge in [-0.2, -0.15) is 4.98 Å². The first-order valence-corrected chi connectivity index (χ1v) is 5.38. The van der Waals surface area contributed by atoms with Crippen molar-refractivity contribution in [2.24, 2.45) is 0 Å². The van der Waals surface area contributed by atoms with Crippen molar-refractivity contribution in [3.63, 3.8) is 0 Å². The number of ketones is 1. The molecule has 2 rings (SSSR count). The van der Waals surface area contributed by atoms with E-state index in [-0.39, 0.29) is 11.7 Å². The third-order valence-electron chi connectivity index (χ3n) is 2.58. The van der Waals surface area contributed by atoms with Crippen molar-refractivity contribution in [3.05, 3.63) is 41.8 Å². The smallest absolute Gasteiger partial charge is 0.236 e. The normalized spacial score (nSPS) is 12.4. The Labute approximate surface area is 98.9 Å². The average Bonchev–Trinajstić information content (AvgIpc) is 2.77. The van der Waals surface area contributed by atoms with Crippen molar-refractivity contribution < 1.29 is 9.32 Å². The maximum absolute atomic E-state index is 11.2. The number of rotatable bonds is 4. The molecule has 5 nitrogen and oxygen atoms in total. The number of hydrogen-bond acceptors (Lipinski definition) is 5. The van der Waals surface area contributed by atoms with Crippen LogP contribution >= 0.6 is 0 Å². The highest BCUT2D eigenvalue weighted by Gasteiger charge is 2.18. The summed E-state index contributed by atoms with van der Waals surface area (Å²) in [5.74, 6) is 0.638. The molecule has 0 saturated heterocycles. The fraction of sp³-hybridized carbons (Fsp3) is 0.333. The van der Waals surface area contributed by atoms with Crippen LogP contribution in [0, 0.1) is 0 Å². The molecule has 0 N–H and O–H groups in total. The van der Waals surface area contributed by atoms with Gasteiger partial charge in [0.05, 0.1) is 5.92 Å². The summed E-state index contributed by atoms with van der Waals surface area (Å²) >= 11 is 0. The van der Waals surface area contributed by atoms with Gasteiger partial charge in [0.1, 0.15) is 5.78 Å². The lowest BCUT2D eigenvalue weighted by atomic mass is 10.1. The van der Waals surface area contributed by atoms with Crippen LogP contribution in [-0.2, 0) is 11.2 Å². The summed E-state index contributed by atoms with van der Waals surface area (Å²) in [7, 11) is 0. The minimum Gasteiger partial charge on any atom is -0.339 e. The fourth-order valence-corrected chi connectivity index (χ4v) is 1.37. The van der Waals surface area contributed by atoms with Gasteiger partial charge in [-0.1, -0.05) is 5.16 Å². The van der Waals surface area contributed by atoms with E-state index in [0.29, 0.717) is 18.1 Å². The molecular formula is C12H13N3O2. The lowest BCUT2D eigenvalue weighted by Crippen LogP contribution is -2.04. The molecule has 88 valence electrons. The summed E-state index contributed by atoms with van der Waals surface area (Å²) in [5.41, 5.74) is 1.06. The van der Waals surface area contributed by atoms with Crippen molar-refractivity contribution in [2.45, 2.75) is 26.2 Å². The third kappa shape index (κ3) is 2.75. The first-order chi connectivity index (χ1) is 8.16. The molecule has 0 amide bonds. The molecule has 5 heteroatoms. The highest BCUT2D eigenvalue weighted by Crippen LogP contribution is 2.14. The molecule has 0 aliphatic rings. The molecule has 17 heavy (non-hydrogen) atoms. The SMILES string of the molecule is CC(=O)C(C)c1nc(Cc2ccncc2)no1. The molecule has 2 aromatic heterocycles. The van der Waals surface area contributed by atoms with E-state index in [0.717, 1.165) is 5.56 Å². The highest BCUT2D eigenvalue weighted by atomic mass is 16.5. The van der Waals surface area contributed by atoms with E-state index in [1.807, 2.05) is 12.1 Å². The molecule has 1 atom stereocenters. The Hall–Kier alpha value is -2.04. The van der Waals surface area contributed by atoms with Gasteiger partial charge in [-0.3, -0.25) is 9.78 Å². The van der Waals surface area contributed by atoms with E-state index >= 15 is 0 Å². The molecule has 0 saturated carbocycles. The van der Waals surface area contributed by atoms with Crippen LogP contribution in [0.4, 0.5) is 0 Å². The summed E-state index contributed by atoms with van der Waals surface area (Å²) in [5, 5.41) is 3.86. The first-order valence-electron chi connectivity index (χ1n) is 5.38. The van der Waals surface area contributed by atoms with Gasteiger partial charge in [0.15, 0.2) is 5.82 Å². The molecule has 0 aliphatic carbocycles. The minimum absolute atomic E-state index is 0.0177. The number of hydrogen-bond donors (Lipinski definition) is 0. The Morgan fingerprint density at radius 1 is 1.41 bits per heavy atom. The third-order valence-corrected chi connectivity index (χ3v) is 2.58. The zero-order valence-electron chi connectivity index (χ0n) is 9.75. The van der Waals surface area contributed by atoms with Crippen LogP contribution in [0.5, 0.6) is 0 Å². The van der Waals surface area contributed by atoms with Gasteiger partial charge in [-0.05, 0) is 31.5 Å². The second kappa shape index (κ2) is 4.86. The molecule has 0 aliphatic heterocycles. The maximum atomic E-state index is 11.2. The molecular weight excluding hydrogens is 218 g/mol. The standard InChI is InChI=1S/C12H13N3O2/c1-8(9(2)16)12-14-11(15-17-12)7-10-3-5-13-6-4-10/h3-6,8H,7H2,1-2H3. The van der Waals surface area contributed by atoms with Crippen LogP contribution in [0.3, 0.4) is 0 Å². The zero-order valence-corrected chi connectivity index (χ0v) is 9.75. The highest BCUT2D eigenvalue weighted by molar-refractivity contribution is 5.81. The minimum atomic E-state index is -0.339. The fourth-order valence-electron chi connectivity index (χ4n) is 1.37. The number of aromatic nitrogens is 3. The van der Waals surface area contributed by atoms with Crippen LogP contribution in [0.2, 0.25) is 0 Å². The Kier molecular flexibility index (Phi) is 3.27. The van der Waals surface area contributed by atoms with E-state index < -0.39 is 0 Å². The number of carbonyl (C=O) groups is 1. The molecule has 1 unspecified atom stereocenters. The zero-order chi connectivity index (χ0) is 12.3. The van der Waals surface area contributed by atoms with E-state index in [4.69, 9.17) is 4.52 Å². The maximum Gasteiger partial charge on any atom is 0.236 e. The van der Waals surface area contributed by atoms with Crippen molar-refractivity contribution in [1.82, 2.24) is 15.1 Å². The lowest BCUT2D eigenvalue weighted by molar-refractivity contribution is -0.118. The van der Waals surface area contributed by atoms with Crippen molar-refractivity contribution >= 4 is 5.78 Å². The van der Waals surface area contributed by atoms with E-state index in [2.05, 4.69) is 15.1 Å². The number of Topliss-reactive ketones (excluding diaryl/α,β-unsaturated/α-hetero) is 1. The van der Waals surface area contributed by atoms with Gasteiger partial charge in [0.2, 0.25) is 5.89 Å².